The summed E-state index contributed by atoms with van der Waals surface area (Å²) in [5, 5.41) is 8.74. The highest BCUT2D eigenvalue weighted by Crippen LogP contribution is 2.23. The van der Waals surface area contributed by atoms with Crippen molar-refractivity contribution in [2.75, 3.05) is 13.7 Å². The van der Waals surface area contributed by atoms with Gasteiger partial charge in [-0.3, -0.25) is 0 Å². The largest absolute Gasteiger partial charge is 0.492 e. The van der Waals surface area contributed by atoms with Gasteiger partial charge in [0.25, 0.3) is 0 Å². The molecule has 0 saturated carbocycles. The zero-order valence-electron chi connectivity index (χ0n) is 7.88. The van der Waals surface area contributed by atoms with Crippen LogP contribution in [-0.4, -0.2) is 13.7 Å². The lowest BCUT2D eigenvalue weighted by Gasteiger charge is -2.06. The first-order valence-corrected chi connectivity index (χ1v) is 4.19. The van der Waals surface area contributed by atoms with E-state index in [4.69, 9.17) is 15.7 Å². The van der Waals surface area contributed by atoms with Gasteiger partial charge in [0.2, 0.25) is 0 Å². The number of nitrogens with two attached hydrogens (primary N) is 1. The normalized spacial score (nSPS) is 9.57. The van der Waals surface area contributed by atoms with Crippen molar-refractivity contribution in [1.29, 1.82) is 5.26 Å². The summed E-state index contributed by atoms with van der Waals surface area (Å²) in [6.07, 6.45) is 0.551. The van der Waals surface area contributed by atoms with Crippen LogP contribution in [0.2, 0.25) is 0 Å². The molecule has 2 N–H and O–H groups in total. The van der Waals surface area contributed by atoms with Gasteiger partial charge in [0.15, 0.2) is 11.6 Å². The summed E-state index contributed by atoms with van der Waals surface area (Å²) >= 11 is 0. The van der Waals surface area contributed by atoms with Crippen LogP contribution in [0.3, 0.4) is 0 Å². The molecule has 0 heterocycles. The molecule has 0 unspecified atom stereocenters. The second kappa shape index (κ2) is 4.58. The molecule has 1 aromatic rings. The SMILES string of the molecule is COc1c(F)cc(CCN)cc1C#N. The number of hydrogen-bond donors (Lipinski definition) is 1. The molecule has 0 atom stereocenters. The van der Waals surface area contributed by atoms with E-state index in [0.29, 0.717) is 18.5 Å². The first-order valence-electron chi connectivity index (χ1n) is 4.19. The Labute approximate surface area is 81.9 Å². The monoisotopic (exact) mass is 194 g/mol. The predicted molar refractivity (Wildman–Crippen MR) is 50.4 cm³/mol. The number of hydrogen-bond acceptors (Lipinski definition) is 3. The lowest BCUT2D eigenvalue weighted by atomic mass is 10.1. The fourth-order valence-electron chi connectivity index (χ4n) is 1.25. The molecule has 14 heavy (non-hydrogen) atoms. The van der Waals surface area contributed by atoms with Gasteiger partial charge in [-0.1, -0.05) is 0 Å². The minimum absolute atomic E-state index is 0.00623. The second-order valence-electron chi connectivity index (χ2n) is 2.81. The van der Waals surface area contributed by atoms with Crippen LogP contribution >= 0.6 is 0 Å². The van der Waals surface area contributed by atoms with Crippen LogP contribution in [0.4, 0.5) is 4.39 Å². The van der Waals surface area contributed by atoms with E-state index in [0.717, 1.165) is 0 Å². The molecular formula is C10H11FN2O. The standard InChI is InChI=1S/C10H11FN2O/c1-14-10-8(6-13)4-7(2-3-12)5-9(10)11/h4-5H,2-3,12H2,1H3. The first-order chi connectivity index (χ1) is 6.72. The van der Waals surface area contributed by atoms with E-state index in [2.05, 4.69) is 0 Å². The Morgan fingerprint density at radius 2 is 2.29 bits per heavy atom. The van der Waals surface area contributed by atoms with Gasteiger partial charge < -0.3 is 10.5 Å². The minimum atomic E-state index is -0.519. The van der Waals surface area contributed by atoms with Crippen LogP contribution in [0.1, 0.15) is 11.1 Å². The molecule has 0 aliphatic rings. The fraction of sp³-hybridized carbons (Fsp3) is 0.300. The lowest BCUT2D eigenvalue weighted by molar-refractivity contribution is 0.385. The Hall–Kier alpha value is -1.60. The van der Waals surface area contributed by atoms with Crippen molar-refractivity contribution in [3.8, 4) is 11.8 Å². The van der Waals surface area contributed by atoms with Crippen LogP contribution < -0.4 is 10.5 Å². The molecule has 0 aliphatic heterocycles. The van der Waals surface area contributed by atoms with Gasteiger partial charge in [-0.25, -0.2) is 4.39 Å². The lowest BCUT2D eigenvalue weighted by Crippen LogP contribution is -2.04. The molecule has 1 rings (SSSR count). The van der Waals surface area contributed by atoms with E-state index >= 15 is 0 Å². The Kier molecular flexibility index (Phi) is 3.43. The molecule has 0 fully saturated rings. The Morgan fingerprint density at radius 1 is 1.57 bits per heavy atom. The van der Waals surface area contributed by atoms with Gasteiger partial charge in [-0.05, 0) is 30.7 Å². The van der Waals surface area contributed by atoms with Crippen molar-refractivity contribution >= 4 is 0 Å². The van der Waals surface area contributed by atoms with Crippen LogP contribution in [0.15, 0.2) is 12.1 Å². The molecule has 1 aromatic carbocycles. The Bertz CT molecular complexity index is 371. The molecule has 0 aromatic heterocycles. The van der Waals surface area contributed by atoms with E-state index in [-0.39, 0.29) is 11.3 Å². The van der Waals surface area contributed by atoms with Crippen molar-refractivity contribution in [2.24, 2.45) is 5.73 Å². The van der Waals surface area contributed by atoms with E-state index in [9.17, 15) is 4.39 Å². The summed E-state index contributed by atoms with van der Waals surface area (Å²) in [6, 6.07) is 4.81. The highest BCUT2D eigenvalue weighted by atomic mass is 19.1. The maximum Gasteiger partial charge on any atom is 0.172 e. The average molecular weight is 194 g/mol. The molecule has 0 saturated heterocycles. The summed E-state index contributed by atoms with van der Waals surface area (Å²) < 4.78 is 18.1. The van der Waals surface area contributed by atoms with E-state index in [1.165, 1.54) is 13.2 Å². The number of nitriles is 1. The van der Waals surface area contributed by atoms with Crippen LogP contribution in [-0.2, 0) is 6.42 Å². The van der Waals surface area contributed by atoms with Gasteiger partial charge in [0, 0.05) is 0 Å². The highest BCUT2D eigenvalue weighted by Gasteiger charge is 2.10. The van der Waals surface area contributed by atoms with Gasteiger partial charge in [0.05, 0.1) is 12.7 Å². The number of methoxy groups -OCH3 is 1. The van der Waals surface area contributed by atoms with Crippen LogP contribution in [0.25, 0.3) is 0 Å². The molecule has 0 spiro atoms. The molecule has 0 amide bonds. The molecule has 3 nitrogen and oxygen atoms in total. The Balaban J connectivity index is 3.19. The van der Waals surface area contributed by atoms with E-state index in [1.54, 1.807) is 6.07 Å². The van der Waals surface area contributed by atoms with Gasteiger partial charge in [0.1, 0.15) is 6.07 Å². The van der Waals surface area contributed by atoms with Crippen LogP contribution in [0.5, 0.6) is 5.75 Å². The predicted octanol–water partition coefficient (Wildman–Crippen LogP) is 1.21. The number of rotatable bonds is 3. The van der Waals surface area contributed by atoms with Crippen molar-refractivity contribution < 1.29 is 9.13 Å². The summed E-state index contributed by atoms with van der Waals surface area (Å²) in [4.78, 5) is 0. The molecular weight excluding hydrogens is 183 g/mol. The molecule has 0 aliphatic carbocycles. The average Bonchev–Trinajstić information content (AvgIpc) is 2.17. The third-order valence-corrected chi connectivity index (χ3v) is 1.86. The van der Waals surface area contributed by atoms with Crippen molar-refractivity contribution in [3.05, 3.63) is 29.1 Å². The zero-order valence-corrected chi connectivity index (χ0v) is 7.88. The fourth-order valence-corrected chi connectivity index (χ4v) is 1.25. The quantitative estimate of drug-likeness (QED) is 0.786. The summed E-state index contributed by atoms with van der Waals surface area (Å²) in [7, 11) is 1.34. The highest BCUT2D eigenvalue weighted by molar-refractivity contribution is 5.46. The van der Waals surface area contributed by atoms with Crippen molar-refractivity contribution in [1.82, 2.24) is 0 Å². The minimum Gasteiger partial charge on any atom is -0.492 e. The summed E-state index contributed by atoms with van der Waals surface area (Å²) in [6.45, 7) is 0.427. The van der Waals surface area contributed by atoms with Gasteiger partial charge in [-0.15, -0.1) is 0 Å². The third-order valence-electron chi connectivity index (χ3n) is 1.86. The first kappa shape index (κ1) is 10.5. The third kappa shape index (κ3) is 2.01. The number of benzene rings is 1. The molecule has 4 heteroatoms. The molecule has 0 bridgehead atoms. The van der Waals surface area contributed by atoms with Crippen LogP contribution in [0, 0.1) is 17.1 Å². The molecule has 0 radical (unpaired) electrons. The maximum absolute atomic E-state index is 13.3. The smallest absolute Gasteiger partial charge is 0.172 e. The molecule has 74 valence electrons. The summed E-state index contributed by atoms with van der Waals surface area (Å²) in [5.74, 6) is -0.525. The van der Waals surface area contributed by atoms with Crippen molar-refractivity contribution in [2.45, 2.75) is 6.42 Å². The van der Waals surface area contributed by atoms with E-state index in [1.807, 2.05) is 6.07 Å². The van der Waals surface area contributed by atoms with Gasteiger partial charge in [-0.2, -0.15) is 5.26 Å². The van der Waals surface area contributed by atoms with E-state index < -0.39 is 5.82 Å². The Morgan fingerprint density at radius 3 is 2.79 bits per heavy atom. The second-order valence-corrected chi connectivity index (χ2v) is 2.81. The summed E-state index contributed by atoms with van der Waals surface area (Å²) in [5.41, 5.74) is 6.25. The van der Waals surface area contributed by atoms with Crippen molar-refractivity contribution in [3.63, 3.8) is 0 Å². The number of halogens is 1. The number of ether oxygens (including phenoxy) is 1. The topological polar surface area (TPSA) is 59.0 Å². The zero-order chi connectivity index (χ0) is 10.6. The maximum atomic E-state index is 13.3. The number of nitrogens with zero attached hydrogens (tertiary/aromatic N) is 1. The van der Waals surface area contributed by atoms with Gasteiger partial charge >= 0.3 is 0 Å².